The molecule has 12 nitrogen and oxygen atoms in total. The Morgan fingerprint density at radius 2 is 2.05 bits per heavy atom. The SMILES string of the molecule is COc1cc2c(N)nccc2cc1CC(C(=O)O)N1CCC(NS(=O)(=O)c2ccc(N(C)C)nc2)C1=O. The van der Waals surface area contributed by atoms with Gasteiger partial charge in [0.05, 0.1) is 7.11 Å². The van der Waals surface area contributed by atoms with Gasteiger partial charge in [0.1, 0.15) is 34.4 Å². The lowest BCUT2D eigenvalue weighted by Crippen LogP contribution is -2.48. The van der Waals surface area contributed by atoms with Crippen molar-refractivity contribution >= 4 is 44.3 Å². The Morgan fingerprint density at radius 1 is 1.30 bits per heavy atom. The molecule has 1 amide bonds. The van der Waals surface area contributed by atoms with E-state index in [1.165, 1.54) is 24.3 Å². The molecule has 3 aromatic rings. The summed E-state index contributed by atoms with van der Waals surface area (Å²) in [7, 11) is 0.962. The van der Waals surface area contributed by atoms with Gasteiger partial charge in [-0.3, -0.25) is 4.79 Å². The third-order valence-electron chi connectivity index (χ3n) is 6.30. The number of carboxylic acids is 1. The second-order valence-electron chi connectivity index (χ2n) is 8.88. The Labute approximate surface area is 214 Å². The van der Waals surface area contributed by atoms with Crippen LogP contribution in [0.5, 0.6) is 5.75 Å². The first kappa shape index (κ1) is 26.1. The summed E-state index contributed by atoms with van der Waals surface area (Å²) in [6, 6.07) is 5.82. The van der Waals surface area contributed by atoms with Gasteiger partial charge in [0.25, 0.3) is 0 Å². The number of aliphatic carboxylic acids is 1. The number of nitrogens with two attached hydrogens (primary N) is 1. The number of carbonyl (C=O) groups is 2. The van der Waals surface area contributed by atoms with E-state index in [1.807, 2.05) is 0 Å². The molecular formula is C24H28N6O6S. The lowest BCUT2D eigenvalue weighted by atomic mass is 10.00. The van der Waals surface area contributed by atoms with Crippen molar-refractivity contribution in [2.24, 2.45) is 0 Å². The van der Waals surface area contributed by atoms with Crippen molar-refractivity contribution in [2.45, 2.75) is 29.8 Å². The first-order valence-corrected chi connectivity index (χ1v) is 12.9. The molecule has 0 aliphatic carbocycles. The summed E-state index contributed by atoms with van der Waals surface area (Å²) in [6.45, 7) is 0.0770. The summed E-state index contributed by atoms with van der Waals surface area (Å²) in [5.74, 6) is -0.516. The van der Waals surface area contributed by atoms with Crippen molar-refractivity contribution < 1.29 is 27.9 Å². The zero-order valence-electron chi connectivity index (χ0n) is 20.6. The molecule has 196 valence electrons. The molecule has 0 saturated carbocycles. The summed E-state index contributed by atoms with van der Waals surface area (Å²) in [5.41, 5.74) is 6.52. The number of anilines is 2. The van der Waals surface area contributed by atoms with Crippen molar-refractivity contribution in [3.8, 4) is 5.75 Å². The predicted octanol–water partition coefficient (Wildman–Crippen LogP) is 0.862. The summed E-state index contributed by atoms with van der Waals surface area (Å²) < 4.78 is 33.6. The van der Waals surface area contributed by atoms with E-state index in [2.05, 4.69) is 14.7 Å². The molecule has 1 fully saturated rings. The average Bonchev–Trinajstić information content (AvgIpc) is 3.21. The molecule has 1 aliphatic heterocycles. The van der Waals surface area contributed by atoms with Gasteiger partial charge in [-0.25, -0.2) is 23.2 Å². The number of rotatable bonds is 9. The van der Waals surface area contributed by atoms with Crippen LogP contribution in [0.3, 0.4) is 0 Å². The zero-order chi connectivity index (χ0) is 26.9. The molecule has 2 unspecified atom stereocenters. The number of nitrogens with one attached hydrogen (secondary N) is 1. The maximum absolute atomic E-state index is 13.2. The van der Waals surface area contributed by atoms with E-state index in [9.17, 15) is 23.1 Å². The van der Waals surface area contributed by atoms with E-state index in [-0.39, 0.29) is 24.3 Å². The molecule has 0 bridgehead atoms. The normalized spacial score (nSPS) is 16.7. The molecule has 0 spiro atoms. The van der Waals surface area contributed by atoms with Gasteiger partial charge in [-0.2, -0.15) is 4.72 Å². The van der Waals surface area contributed by atoms with Crippen LogP contribution in [0.25, 0.3) is 10.8 Å². The van der Waals surface area contributed by atoms with E-state index in [0.29, 0.717) is 28.3 Å². The maximum Gasteiger partial charge on any atom is 0.326 e. The average molecular weight is 529 g/mol. The molecule has 1 saturated heterocycles. The number of amides is 1. The summed E-state index contributed by atoms with van der Waals surface area (Å²) in [6.07, 6.45) is 2.84. The van der Waals surface area contributed by atoms with Gasteiger partial charge in [0.2, 0.25) is 15.9 Å². The molecule has 1 aromatic carbocycles. The highest BCUT2D eigenvalue weighted by atomic mass is 32.2. The van der Waals surface area contributed by atoms with Crippen LogP contribution in [0.1, 0.15) is 12.0 Å². The van der Waals surface area contributed by atoms with Crippen LogP contribution in [0, 0.1) is 0 Å². The predicted molar refractivity (Wildman–Crippen MR) is 137 cm³/mol. The monoisotopic (exact) mass is 528 g/mol. The van der Waals surface area contributed by atoms with Crippen LogP contribution in [0.2, 0.25) is 0 Å². The number of nitrogen functional groups attached to an aromatic ring is 1. The minimum absolute atomic E-state index is 0.0438. The van der Waals surface area contributed by atoms with Crippen molar-refractivity contribution in [1.29, 1.82) is 0 Å². The number of hydrogen-bond donors (Lipinski definition) is 3. The molecule has 2 aromatic heterocycles. The van der Waals surface area contributed by atoms with E-state index < -0.39 is 34.0 Å². The van der Waals surface area contributed by atoms with Gasteiger partial charge in [-0.1, -0.05) is 0 Å². The fraction of sp³-hybridized carbons (Fsp3) is 0.333. The molecule has 3 heterocycles. The Hall–Kier alpha value is -3.97. The zero-order valence-corrected chi connectivity index (χ0v) is 21.4. The van der Waals surface area contributed by atoms with Crippen LogP contribution >= 0.6 is 0 Å². The number of ether oxygens (including phenoxy) is 1. The third kappa shape index (κ3) is 5.27. The van der Waals surface area contributed by atoms with Crippen molar-refractivity contribution in [3.63, 3.8) is 0 Å². The molecule has 2 atom stereocenters. The van der Waals surface area contributed by atoms with Gasteiger partial charge < -0.3 is 25.4 Å². The lowest BCUT2D eigenvalue weighted by Gasteiger charge is -2.25. The Kier molecular flexibility index (Phi) is 7.18. The Balaban J connectivity index is 1.55. The third-order valence-corrected chi connectivity index (χ3v) is 7.75. The van der Waals surface area contributed by atoms with E-state index >= 15 is 0 Å². The van der Waals surface area contributed by atoms with Gasteiger partial charge in [0, 0.05) is 44.8 Å². The lowest BCUT2D eigenvalue weighted by molar-refractivity contribution is -0.148. The second kappa shape index (κ2) is 10.2. The minimum Gasteiger partial charge on any atom is -0.496 e. The number of pyridine rings is 2. The highest BCUT2D eigenvalue weighted by molar-refractivity contribution is 7.89. The topological polar surface area (TPSA) is 168 Å². The summed E-state index contributed by atoms with van der Waals surface area (Å²) >= 11 is 0. The number of fused-ring (bicyclic) bond motifs is 1. The van der Waals surface area contributed by atoms with Gasteiger partial charge in [-0.15, -0.1) is 0 Å². The van der Waals surface area contributed by atoms with Gasteiger partial charge >= 0.3 is 5.97 Å². The number of likely N-dealkylation sites (tertiary alicyclic amines) is 1. The molecule has 4 rings (SSSR count). The van der Waals surface area contributed by atoms with E-state index in [4.69, 9.17) is 10.5 Å². The van der Waals surface area contributed by atoms with Gasteiger partial charge in [0.15, 0.2) is 0 Å². The van der Waals surface area contributed by atoms with Crippen molar-refractivity contribution in [2.75, 3.05) is 38.4 Å². The maximum atomic E-state index is 13.2. The summed E-state index contributed by atoms with van der Waals surface area (Å²) in [5, 5.41) is 11.4. The number of benzene rings is 1. The first-order valence-electron chi connectivity index (χ1n) is 11.4. The van der Waals surface area contributed by atoms with E-state index in [1.54, 1.807) is 49.5 Å². The number of hydrogen-bond acceptors (Lipinski definition) is 9. The molecular weight excluding hydrogens is 500 g/mol. The molecule has 0 radical (unpaired) electrons. The van der Waals surface area contributed by atoms with Crippen LogP contribution in [-0.4, -0.2) is 80.1 Å². The molecule has 13 heteroatoms. The van der Waals surface area contributed by atoms with Crippen LogP contribution < -0.4 is 20.1 Å². The fourth-order valence-electron chi connectivity index (χ4n) is 4.33. The smallest absolute Gasteiger partial charge is 0.326 e. The van der Waals surface area contributed by atoms with Crippen molar-refractivity contribution in [1.82, 2.24) is 19.6 Å². The highest BCUT2D eigenvalue weighted by Crippen LogP contribution is 2.31. The van der Waals surface area contributed by atoms with Crippen molar-refractivity contribution in [3.05, 3.63) is 48.3 Å². The summed E-state index contributed by atoms with van der Waals surface area (Å²) in [4.78, 5) is 36.4. The minimum atomic E-state index is -4.05. The number of aromatic nitrogens is 2. The van der Waals surface area contributed by atoms with Crippen LogP contribution in [-0.2, 0) is 26.0 Å². The number of carboxylic acid groups (broad SMARTS) is 1. The molecule has 4 N–H and O–H groups in total. The van der Waals surface area contributed by atoms with Gasteiger partial charge in [-0.05, 0) is 47.7 Å². The van der Waals surface area contributed by atoms with Crippen LogP contribution in [0.15, 0.2) is 47.6 Å². The highest BCUT2D eigenvalue weighted by Gasteiger charge is 2.41. The molecule has 1 aliphatic rings. The first-order chi connectivity index (χ1) is 17.5. The quantitative estimate of drug-likeness (QED) is 0.362. The largest absolute Gasteiger partial charge is 0.496 e. The fourth-order valence-corrected chi connectivity index (χ4v) is 5.50. The number of methoxy groups -OCH3 is 1. The van der Waals surface area contributed by atoms with Crippen LogP contribution in [0.4, 0.5) is 11.6 Å². The number of nitrogens with zero attached hydrogens (tertiary/aromatic N) is 4. The Bertz CT molecular complexity index is 1440. The standard InChI is InChI=1S/C24H28N6O6S/c1-29(2)21-5-4-16(13-27-21)37(34,35)28-18-7-9-30(23(18)31)19(24(32)33)11-15-10-14-6-8-26-22(25)17(14)12-20(15)36-3/h4-6,8,10,12-13,18-19,28H,7,9,11H2,1-3H3,(H2,25,26)(H,32,33). The number of carbonyl (C=O) groups excluding carboxylic acids is 1. The number of sulfonamides is 1. The second-order valence-corrected chi connectivity index (χ2v) is 10.6. The Morgan fingerprint density at radius 3 is 2.68 bits per heavy atom. The van der Waals surface area contributed by atoms with E-state index in [0.717, 1.165) is 5.39 Å². The molecule has 37 heavy (non-hydrogen) atoms.